The minimum Gasteiger partial charge on any atom is -0.493 e. The summed E-state index contributed by atoms with van der Waals surface area (Å²) in [6.07, 6.45) is 1.31. The minimum atomic E-state index is -0.419. The van der Waals surface area contributed by atoms with Crippen LogP contribution in [0.5, 0.6) is 11.5 Å². The molecule has 1 atom stereocenters. The molecule has 7 nitrogen and oxygen atoms in total. The number of hydrogen-bond donors (Lipinski definition) is 1. The van der Waals surface area contributed by atoms with E-state index in [-0.39, 0.29) is 11.7 Å². The van der Waals surface area contributed by atoms with E-state index in [1.165, 1.54) is 30.0 Å². The number of para-hydroxylation sites is 2. The first-order chi connectivity index (χ1) is 15.4. The molecule has 0 spiro atoms. The molecule has 168 valence electrons. The van der Waals surface area contributed by atoms with Crippen LogP contribution in [0.3, 0.4) is 0 Å². The van der Waals surface area contributed by atoms with Crippen LogP contribution in [-0.4, -0.2) is 33.5 Å². The summed E-state index contributed by atoms with van der Waals surface area (Å²) in [5.41, 5.74) is 0.490. The lowest BCUT2D eigenvalue weighted by molar-refractivity contribution is -0.113. The number of rotatable bonds is 10. The molecule has 3 aromatic rings. The second-order valence-electron chi connectivity index (χ2n) is 6.61. The second-order valence-corrected chi connectivity index (χ2v) is 8.41. The molecule has 10 heteroatoms. The maximum Gasteiger partial charge on any atom is 0.234 e. The quantitative estimate of drug-likeness (QED) is 0.290. The predicted molar refractivity (Wildman–Crippen MR) is 126 cm³/mol. The lowest BCUT2D eigenvalue weighted by atomic mass is 10.3. The summed E-state index contributed by atoms with van der Waals surface area (Å²) in [6.45, 7) is 6.11. The van der Waals surface area contributed by atoms with Crippen molar-refractivity contribution in [1.82, 2.24) is 14.8 Å². The molecule has 0 aliphatic rings. The highest BCUT2D eigenvalue weighted by Gasteiger charge is 2.21. The van der Waals surface area contributed by atoms with Crippen LogP contribution in [0, 0.1) is 5.82 Å². The van der Waals surface area contributed by atoms with E-state index in [2.05, 4.69) is 38.0 Å². The molecule has 2 aromatic carbocycles. The Balaban J connectivity index is 1.69. The number of carbonyl (C=O) groups is 1. The van der Waals surface area contributed by atoms with E-state index < -0.39 is 11.9 Å². The van der Waals surface area contributed by atoms with Gasteiger partial charge in [0.05, 0.1) is 18.6 Å². The molecule has 1 heterocycles. The largest absolute Gasteiger partial charge is 0.493 e. The highest BCUT2D eigenvalue weighted by molar-refractivity contribution is 9.10. The summed E-state index contributed by atoms with van der Waals surface area (Å²) < 4.78 is 26.9. The number of aromatic nitrogens is 3. The van der Waals surface area contributed by atoms with Gasteiger partial charge in [0.1, 0.15) is 5.82 Å². The standard InChI is InChI=1S/C22H22BrFN4O3S/c1-4-11-28-21(14(2)31-19-8-6-5-7-18(19)30-3)26-27-22(28)32-13-20(29)25-17-10-9-15(24)12-16(17)23/h4-10,12,14H,1,11,13H2,2-3H3,(H,25,29). The third-order valence-corrected chi connectivity index (χ3v) is 5.95. The lowest BCUT2D eigenvalue weighted by Crippen LogP contribution is -2.16. The molecule has 1 N–H and O–H groups in total. The van der Waals surface area contributed by atoms with Crippen molar-refractivity contribution < 1.29 is 18.7 Å². The second kappa shape index (κ2) is 11.1. The van der Waals surface area contributed by atoms with Gasteiger partial charge in [0.15, 0.2) is 28.6 Å². The Labute approximate surface area is 198 Å². The van der Waals surface area contributed by atoms with Crippen molar-refractivity contribution in [2.24, 2.45) is 0 Å². The number of allylic oxidation sites excluding steroid dienone is 1. The first-order valence-electron chi connectivity index (χ1n) is 9.64. The van der Waals surface area contributed by atoms with Gasteiger partial charge in [-0.1, -0.05) is 30.0 Å². The number of thioether (sulfide) groups is 1. The average molecular weight is 521 g/mol. The molecule has 32 heavy (non-hydrogen) atoms. The van der Waals surface area contributed by atoms with Crippen molar-refractivity contribution in [3.05, 3.63) is 71.2 Å². The van der Waals surface area contributed by atoms with Crippen LogP contribution in [0.1, 0.15) is 18.9 Å². The van der Waals surface area contributed by atoms with Gasteiger partial charge in [-0.2, -0.15) is 0 Å². The topological polar surface area (TPSA) is 78.3 Å². The van der Waals surface area contributed by atoms with Gasteiger partial charge in [-0.25, -0.2) is 4.39 Å². The van der Waals surface area contributed by atoms with E-state index in [1.807, 2.05) is 35.8 Å². The van der Waals surface area contributed by atoms with Crippen molar-refractivity contribution in [3.63, 3.8) is 0 Å². The summed E-state index contributed by atoms with van der Waals surface area (Å²) in [7, 11) is 1.58. The van der Waals surface area contributed by atoms with Gasteiger partial charge in [0.2, 0.25) is 5.91 Å². The molecule has 0 radical (unpaired) electrons. The van der Waals surface area contributed by atoms with Crippen molar-refractivity contribution in [2.75, 3.05) is 18.2 Å². The van der Waals surface area contributed by atoms with Gasteiger partial charge in [0.25, 0.3) is 0 Å². The first-order valence-corrected chi connectivity index (χ1v) is 11.4. The van der Waals surface area contributed by atoms with Crippen LogP contribution < -0.4 is 14.8 Å². The van der Waals surface area contributed by atoms with Gasteiger partial charge in [-0.05, 0) is 53.2 Å². The van der Waals surface area contributed by atoms with Crippen molar-refractivity contribution in [2.45, 2.75) is 24.7 Å². The molecular weight excluding hydrogens is 499 g/mol. The van der Waals surface area contributed by atoms with Crippen molar-refractivity contribution >= 4 is 39.3 Å². The number of amides is 1. The maximum absolute atomic E-state index is 13.2. The Hall–Kier alpha value is -2.85. The number of ether oxygens (including phenoxy) is 2. The third kappa shape index (κ3) is 5.89. The Morgan fingerprint density at radius 1 is 1.31 bits per heavy atom. The highest BCUT2D eigenvalue weighted by atomic mass is 79.9. The molecular formula is C22H22BrFN4O3S. The normalized spacial score (nSPS) is 11.6. The number of carbonyl (C=O) groups excluding carboxylic acids is 1. The monoisotopic (exact) mass is 520 g/mol. The SMILES string of the molecule is C=CCn1c(SCC(=O)Nc2ccc(F)cc2Br)nnc1C(C)Oc1ccccc1OC. The van der Waals surface area contributed by atoms with Gasteiger partial charge in [-0.3, -0.25) is 9.36 Å². The fourth-order valence-corrected chi connectivity index (χ4v) is 4.08. The first kappa shape index (κ1) is 23.8. The summed E-state index contributed by atoms with van der Waals surface area (Å²) in [5.74, 6) is 1.26. The predicted octanol–water partition coefficient (Wildman–Crippen LogP) is 5.25. The number of nitrogens with zero attached hydrogens (tertiary/aromatic N) is 3. The summed E-state index contributed by atoms with van der Waals surface area (Å²) in [5, 5.41) is 11.8. The van der Waals surface area contributed by atoms with Crippen molar-refractivity contribution in [3.8, 4) is 11.5 Å². The molecule has 0 saturated carbocycles. The van der Waals surface area contributed by atoms with Crippen molar-refractivity contribution in [1.29, 1.82) is 0 Å². The summed E-state index contributed by atoms with van der Waals surface area (Å²) in [6, 6.07) is 11.4. The maximum atomic E-state index is 13.2. The minimum absolute atomic E-state index is 0.0981. The zero-order valence-electron chi connectivity index (χ0n) is 17.5. The van der Waals surface area contributed by atoms with Crippen LogP contribution in [0.15, 0.2) is 64.7 Å². The van der Waals surface area contributed by atoms with E-state index >= 15 is 0 Å². The molecule has 0 saturated heterocycles. The molecule has 0 aliphatic heterocycles. The highest BCUT2D eigenvalue weighted by Crippen LogP contribution is 2.31. The molecule has 0 bridgehead atoms. The van der Waals surface area contributed by atoms with E-state index in [1.54, 1.807) is 13.2 Å². The summed E-state index contributed by atoms with van der Waals surface area (Å²) >= 11 is 4.47. The Morgan fingerprint density at radius 3 is 2.75 bits per heavy atom. The number of methoxy groups -OCH3 is 1. The Bertz CT molecular complexity index is 1110. The number of anilines is 1. The van der Waals surface area contributed by atoms with Gasteiger partial charge in [-0.15, -0.1) is 16.8 Å². The number of hydrogen-bond acceptors (Lipinski definition) is 6. The third-order valence-electron chi connectivity index (χ3n) is 4.33. The Kier molecular flexibility index (Phi) is 8.29. The van der Waals surface area contributed by atoms with Crippen LogP contribution in [0.4, 0.5) is 10.1 Å². The van der Waals surface area contributed by atoms with E-state index in [4.69, 9.17) is 9.47 Å². The molecule has 0 fully saturated rings. The number of halogens is 2. The van der Waals surface area contributed by atoms with Gasteiger partial charge < -0.3 is 14.8 Å². The van der Waals surface area contributed by atoms with Gasteiger partial charge >= 0.3 is 0 Å². The number of nitrogens with one attached hydrogen (secondary N) is 1. The van der Waals surface area contributed by atoms with Gasteiger partial charge in [0, 0.05) is 11.0 Å². The Morgan fingerprint density at radius 2 is 2.06 bits per heavy atom. The number of benzene rings is 2. The lowest BCUT2D eigenvalue weighted by Gasteiger charge is -2.17. The van der Waals surface area contributed by atoms with E-state index in [0.29, 0.717) is 39.2 Å². The fraction of sp³-hybridized carbons (Fsp3) is 0.227. The van der Waals surface area contributed by atoms with Crippen LogP contribution in [-0.2, 0) is 11.3 Å². The molecule has 0 aliphatic carbocycles. The van der Waals surface area contributed by atoms with E-state index in [0.717, 1.165) is 0 Å². The molecule has 1 aromatic heterocycles. The molecule has 1 amide bonds. The smallest absolute Gasteiger partial charge is 0.234 e. The molecule has 3 rings (SSSR count). The van der Waals surface area contributed by atoms with E-state index in [9.17, 15) is 9.18 Å². The van der Waals surface area contributed by atoms with Crippen LogP contribution in [0.2, 0.25) is 0 Å². The molecule has 1 unspecified atom stereocenters. The average Bonchev–Trinajstić information content (AvgIpc) is 3.17. The fourth-order valence-electron chi connectivity index (χ4n) is 2.87. The zero-order chi connectivity index (χ0) is 23.1. The van der Waals surface area contributed by atoms with Crippen LogP contribution in [0.25, 0.3) is 0 Å². The summed E-state index contributed by atoms with van der Waals surface area (Å²) in [4.78, 5) is 12.4. The zero-order valence-corrected chi connectivity index (χ0v) is 20.0. The van der Waals surface area contributed by atoms with Crippen LogP contribution >= 0.6 is 27.7 Å².